The monoisotopic (exact) mass is 389 g/mol. The summed E-state index contributed by atoms with van der Waals surface area (Å²) in [5.41, 5.74) is 0.849. The number of anilines is 1. The molecule has 2 N–H and O–H groups in total. The molecule has 2 aliphatic rings. The van der Waals surface area contributed by atoms with Crippen molar-refractivity contribution in [3.05, 3.63) is 24.3 Å². The first-order valence-electron chi connectivity index (χ1n) is 9.74. The molecule has 8 nitrogen and oxygen atoms in total. The molecule has 0 bridgehead atoms. The van der Waals surface area contributed by atoms with Crippen LogP contribution in [0.25, 0.3) is 0 Å². The lowest BCUT2D eigenvalue weighted by atomic mass is 9.85. The number of carbonyl (C=O) groups excluding carboxylic acids is 2. The summed E-state index contributed by atoms with van der Waals surface area (Å²) in [5, 5.41) is 11.8. The van der Waals surface area contributed by atoms with Gasteiger partial charge in [-0.05, 0) is 50.1 Å². The molecule has 1 saturated carbocycles. The maximum Gasteiger partial charge on any atom is 0.317 e. The Morgan fingerprint density at radius 1 is 1.29 bits per heavy atom. The largest absolute Gasteiger partial charge is 0.484 e. The number of rotatable bonds is 9. The fourth-order valence-electron chi connectivity index (χ4n) is 3.74. The number of likely N-dealkylation sites (N-methyl/N-ethyl adjacent to an activating group) is 1. The predicted molar refractivity (Wildman–Crippen MR) is 103 cm³/mol. The first-order chi connectivity index (χ1) is 13.5. The number of carboxylic acids is 1. The van der Waals surface area contributed by atoms with Crippen molar-refractivity contribution in [2.45, 2.75) is 44.7 Å². The van der Waals surface area contributed by atoms with E-state index in [1.54, 1.807) is 17.0 Å². The standard InChI is InChI=1S/C20H27N3O5/c1-2-22(12-20(26)27)16-10-14(11-16)21-18(24)13-28-17-7-5-15(6-8-17)23-9-3-4-19(23)25/h5-8,14,16H,2-4,9-13H2,1H3,(H,21,24)(H,26,27). The van der Waals surface area contributed by atoms with Crippen LogP contribution in [0.3, 0.4) is 0 Å². The van der Waals surface area contributed by atoms with Gasteiger partial charge in [-0.3, -0.25) is 19.3 Å². The molecule has 3 rings (SSSR count). The number of hydrogen-bond donors (Lipinski definition) is 2. The van der Waals surface area contributed by atoms with Crippen molar-refractivity contribution in [2.24, 2.45) is 0 Å². The molecule has 0 unspecified atom stereocenters. The molecule has 0 aromatic heterocycles. The molecule has 1 heterocycles. The van der Waals surface area contributed by atoms with Crippen molar-refractivity contribution in [1.29, 1.82) is 0 Å². The molecule has 2 amide bonds. The van der Waals surface area contributed by atoms with Gasteiger partial charge in [-0.15, -0.1) is 0 Å². The average Bonchev–Trinajstić information content (AvgIpc) is 3.07. The molecule has 0 spiro atoms. The van der Waals surface area contributed by atoms with Crippen LogP contribution in [-0.2, 0) is 14.4 Å². The van der Waals surface area contributed by atoms with Crippen LogP contribution in [-0.4, -0.2) is 66.1 Å². The zero-order valence-electron chi connectivity index (χ0n) is 16.1. The van der Waals surface area contributed by atoms with Crippen LogP contribution in [0.15, 0.2) is 24.3 Å². The fourth-order valence-corrected chi connectivity index (χ4v) is 3.74. The second-order valence-electron chi connectivity index (χ2n) is 7.28. The van der Waals surface area contributed by atoms with Gasteiger partial charge >= 0.3 is 5.97 Å². The van der Waals surface area contributed by atoms with Crippen molar-refractivity contribution in [3.8, 4) is 5.75 Å². The van der Waals surface area contributed by atoms with Crippen LogP contribution in [0, 0.1) is 0 Å². The smallest absolute Gasteiger partial charge is 0.317 e. The first kappa shape index (κ1) is 20.1. The zero-order valence-corrected chi connectivity index (χ0v) is 16.1. The summed E-state index contributed by atoms with van der Waals surface area (Å²) in [5.74, 6) is -0.307. The molecule has 8 heteroatoms. The summed E-state index contributed by atoms with van der Waals surface area (Å²) in [7, 11) is 0. The Morgan fingerprint density at radius 2 is 2.00 bits per heavy atom. The van der Waals surface area contributed by atoms with Crippen molar-refractivity contribution in [2.75, 3.05) is 31.1 Å². The highest BCUT2D eigenvalue weighted by Crippen LogP contribution is 2.26. The van der Waals surface area contributed by atoms with Gasteiger partial charge in [0.15, 0.2) is 6.61 Å². The van der Waals surface area contributed by atoms with Gasteiger partial charge < -0.3 is 20.1 Å². The molecular weight excluding hydrogens is 362 g/mol. The maximum absolute atomic E-state index is 12.1. The maximum atomic E-state index is 12.1. The lowest BCUT2D eigenvalue weighted by molar-refractivity contribution is -0.140. The van der Waals surface area contributed by atoms with Crippen LogP contribution in [0.4, 0.5) is 5.69 Å². The number of nitrogens with zero attached hydrogens (tertiary/aromatic N) is 2. The lowest BCUT2D eigenvalue weighted by Crippen LogP contribution is -2.55. The number of carbonyl (C=O) groups is 3. The van der Waals surface area contributed by atoms with E-state index in [1.165, 1.54) is 0 Å². The van der Waals surface area contributed by atoms with E-state index in [4.69, 9.17) is 9.84 Å². The molecule has 1 aliphatic carbocycles. The highest BCUT2D eigenvalue weighted by molar-refractivity contribution is 5.95. The summed E-state index contributed by atoms with van der Waals surface area (Å²) in [6.07, 6.45) is 2.98. The SMILES string of the molecule is CCN(CC(=O)O)C1CC(NC(=O)COc2ccc(N3CCCC3=O)cc2)C1. The normalized spacial score (nSPS) is 21.5. The summed E-state index contributed by atoms with van der Waals surface area (Å²) in [6.45, 7) is 3.32. The van der Waals surface area contributed by atoms with Gasteiger partial charge in [0.2, 0.25) is 5.91 Å². The number of benzene rings is 1. The number of carboxylic acid groups (broad SMARTS) is 1. The van der Waals surface area contributed by atoms with Gasteiger partial charge in [-0.1, -0.05) is 6.92 Å². The number of hydrogen-bond acceptors (Lipinski definition) is 5. The quantitative estimate of drug-likeness (QED) is 0.659. The van der Waals surface area contributed by atoms with Crippen LogP contribution >= 0.6 is 0 Å². The van der Waals surface area contributed by atoms with Crippen LogP contribution in [0.5, 0.6) is 5.75 Å². The third-order valence-electron chi connectivity index (χ3n) is 5.33. The minimum Gasteiger partial charge on any atom is -0.484 e. The number of amides is 2. The Hall–Kier alpha value is -2.61. The second kappa shape index (κ2) is 9.05. The molecule has 2 fully saturated rings. The molecule has 1 saturated heterocycles. The third kappa shape index (κ3) is 5.01. The highest BCUT2D eigenvalue weighted by Gasteiger charge is 2.34. The molecule has 0 atom stereocenters. The minimum absolute atomic E-state index is 0.0317. The topological polar surface area (TPSA) is 99.2 Å². The Kier molecular flexibility index (Phi) is 6.51. The van der Waals surface area contributed by atoms with E-state index < -0.39 is 5.97 Å². The van der Waals surface area contributed by atoms with E-state index >= 15 is 0 Å². The molecule has 152 valence electrons. The molecule has 1 aromatic carbocycles. The number of nitrogens with one attached hydrogen (secondary N) is 1. The Morgan fingerprint density at radius 3 is 2.57 bits per heavy atom. The van der Waals surface area contributed by atoms with Crippen molar-refractivity contribution in [3.63, 3.8) is 0 Å². The van der Waals surface area contributed by atoms with E-state index in [0.29, 0.717) is 18.7 Å². The zero-order chi connectivity index (χ0) is 20.1. The molecule has 0 radical (unpaired) electrons. The van der Waals surface area contributed by atoms with Crippen LogP contribution < -0.4 is 15.0 Å². The van der Waals surface area contributed by atoms with Crippen molar-refractivity contribution in [1.82, 2.24) is 10.2 Å². The fraction of sp³-hybridized carbons (Fsp3) is 0.550. The first-order valence-corrected chi connectivity index (χ1v) is 9.74. The average molecular weight is 389 g/mol. The van der Waals surface area contributed by atoms with Gasteiger partial charge in [0.1, 0.15) is 5.75 Å². The van der Waals surface area contributed by atoms with Crippen molar-refractivity contribution >= 4 is 23.5 Å². The van der Waals surface area contributed by atoms with Gasteiger partial charge in [0.25, 0.3) is 5.91 Å². The van der Waals surface area contributed by atoms with Crippen molar-refractivity contribution < 1.29 is 24.2 Å². The third-order valence-corrected chi connectivity index (χ3v) is 5.33. The Bertz CT molecular complexity index is 715. The Balaban J connectivity index is 1.38. The predicted octanol–water partition coefficient (Wildman–Crippen LogP) is 1.25. The van der Waals surface area contributed by atoms with Gasteiger partial charge in [-0.2, -0.15) is 0 Å². The second-order valence-corrected chi connectivity index (χ2v) is 7.28. The highest BCUT2D eigenvalue weighted by atomic mass is 16.5. The summed E-state index contributed by atoms with van der Waals surface area (Å²) in [4.78, 5) is 38.3. The molecule has 28 heavy (non-hydrogen) atoms. The summed E-state index contributed by atoms with van der Waals surface area (Å²) >= 11 is 0. The Labute approximate surface area is 164 Å². The molecular formula is C20H27N3O5. The summed E-state index contributed by atoms with van der Waals surface area (Å²) in [6, 6.07) is 7.45. The van der Waals surface area contributed by atoms with E-state index in [0.717, 1.165) is 31.5 Å². The van der Waals surface area contributed by atoms with E-state index in [-0.39, 0.29) is 37.0 Å². The van der Waals surface area contributed by atoms with E-state index in [2.05, 4.69) is 5.32 Å². The van der Waals surface area contributed by atoms with Crippen LogP contribution in [0.1, 0.15) is 32.6 Å². The summed E-state index contributed by atoms with van der Waals surface area (Å²) < 4.78 is 5.53. The van der Waals surface area contributed by atoms with Gasteiger partial charge in [0, 0.05) is 30.7 Å². The molecule has 1 aromatic rings. The van der Waals surface area contributed by atoms with Crippen LogP contribution in [0.2, 0.25) is 0 Å². The van der Waals surface area contributed by atoms with Gasteiger partial charge in [-0.25, -0.2) is 0 Å². The minimum atomic E-state index is -0.831. The van der Waals surface area contributed by atoms with E-state index in [9.17, 15) is 14.4 Å². The number of aliphatic carboxylic acids is 1. The molecule has 1 aliphatic heterocycles. The van der Waals surface area contributed by atoms with E-state index in [1.807, 2.05) is 24.0 Å². The van der Waals surface area contributed by atoms with Gasteiger partial charge in [0.05, 0.1) is 6.54 Å². The number of ether oxygens (including phenoxy) is 1. The lowest BCUT2D eigenvalue weighted by Gasteiger charge is -2.42.